The predicted octanol–water partition coefficient (Wildman–Crippen LogP) is 9.96. The molecule has 4 fully saturated rings. The maximum Gasteiger partial charge on any atom is 0.333 e. The van der Waals surface area contributed by atoms with Crippen LogP contribution in [0.15, 0.2) is 75.8 Å². The van der Waals surface area contributed by atoms with Crippen LogP contribution in [-0.2, 0) is 25.5 Å². The first kappa shape index (κ1) is 41.5. The zero-order chi connectivity index (χ0) is 42.1. The number of carbonyl (C=O) groups is 2. The van der Waals surface area contributed by atoms with E-state index in [4.69, 9.17) is 23.7 Å². The van der Waals surface area contributed by atoms with Crippen LogP contribution in [0.2, 0.25) is 0 Å². The molecule has 2 aromatic carbocycles. The van der Waals surface area contributed by atoms with Crippen molar-refractivity contribution in [1.82, 2.24) is 0 Å². The summed E-state index contributed by atoms with van der Waals surface area (Å²) in [7, 11) is 1.37. The number of benzene rings is 2. The SMILES string of the molecule is COC(=O)/C(C)=C\CC12OC(C)(C)C3CC(C1=O)C1Sc4ccccc4NC4=C1C32Oc1c(CC=C(C)C)c2c(c(OCCCCO)c14)C=CC(C)(CCC=C(C)C)O2. The number of Topliss-reactive ketones (excluding diaryl/α,β-unsaturated/α-hetero) is 1. The maximum atomic E-state index is 15.5. The molecule has 0 amide bonds. The van der Waals surface area contributed by atoms with Gasteiger partial charge in [-0.1, -0.05) is 41.5 Å². The van der Waals surface area contributed by atoms with Crippen LogP contribution in [0.4, 0.5) is 5.69 Å². The summed E-state index contributed by atoms with van der Waals surface area (Å²) in [5.74, 6) is 0.954. The van der Waals surface area contributed by atoms with E-state index < -0.39 is 28.4 Å². The Morgan fingerprint density at radius 1 is 1.02 bits per heavy atom. The van der Waals surface area contributed by atoms with E-state index in [1.54, 1.807) is 24.8 Å². The normalized spacial score (nSPS) is 28.8. The molecular weight excluding hydrogens is 763 g/mol. The van der Waals surface area contributed by atoms with Crippen molar-refractivity contribution in [3.63, 3.8) is 0 Å². The van der Waals surface area contributed by atoms with Crippen molar-refractivity contribution in [1.29, 1.82) is 0 Å². The monoisotopic (exact) mass is 821 g/mol. The quantitative estimate of drug-likeness (QED) is 0.0877. The van der Waals surface area contributed by atoms with Crippen molar-refractivity contribution >= 4 is 41.0 Å². The fraction of sp³-hybridized carbons (Fsp3) is 0.510. The summed E-state index contributed by atoms with van der Waals surface area (Å²) in [6.45, 7) is 16.9. The number of rotatable bonds is 13. The molecule has 1 saturated heterocycles. The number of fused-ring (bicyclic) bond motifs is 4. The van der Waals surface area contributed by atoms with Gasteiger partial charge in [-0.3, -0.25) is 4.79 Å². The van der Waals surface area contributed by atoms with Gasteiger partial charge in [-0.2, -0.15) is 0 Å². The highest BCUT2D eigenvalue weighted by atomic mass is 32.2. The number of ether oxygens (including phenoxy) is 5. The van der Waals surface area contributed by atoms with E-state index in [-0.39, 0.29) is 35.9 Å². The minimum absolute atomic E-state index is 0.00647. The minimum Gasteiger partial charge on any atom is -0.492 e. The predicted molar refractivity (Wildman–Crippen MR) is 233 cm³/mol. The van der Waals surface area contributed by atoms with Gasteiger partial charge >= 0.3 is 5.97 Å². The van der Waals surface area contributed by atoms with Gasteiger partial charge in [0.1, 0.15) is 22.8 Å². The molecule has 2 N–H and O–H groups in total. The second kappa shape index (κ2) is 15.3. The number of allylic oxidation sites excluding steroid dienone is 4. The van der Waals surface area contributed by atoms with Crippen molar-refractivity contribution < 1.29 is 38.4 Å². The Kier molecular flexibility index (Phi) is 10.8. The molecule has 6 atom stereocenters. The molecule has 3 saturated carbocycles. The van der Waals surface area contributed by atoms with Crippen molar-refractivity contribution in [2.24, 2.45) is 11.8 Å². The van der Waals surface area contributed by atoms with E-state index in [1.807, 2.05) is 12.1 Å². The molecule has 314 valence electrons. The first-order valence-electron chi connectivity index (χ1n) is 21.2. The zero-order valence-electron chi connectivity index (χ0n) is 36.0. The van der Waals surface area contributed by atoms with Gasteiger partial charge in [0.25, 0.3) is 0 Å². The molecule has 4 aliphatic heterocycles. The number of ketones is 1. The van der Waals surface area contributed by atoms with Crippen LogP contribution in [0, 0.1) is 11.8 Å². The lowest BCUT2D eigenvalue weighted by molar-refractivity contribution is -0.176. The summed E-state index contributed by atoms with van der Waals surface area (Å²) < 4.78 is 34.4. The first-order chi connectivity index (χ1) is 28.1. The molecule has 3 aliphatic carbocycles. The molecule has 4 heterocycles. The number of anilines is 1. The lowest BCUT2D eigenvalue weighted by Crippen LogP contribution is -2.75. The summed E-state index contributed by atoms with van der Waals surface area (Å²) in [6, 6.07) is 8.29. The number of aliphatic hydroxyl groups is 1. The highest BCUT2D eigenvalue weighted by Gasteiger charge is 2.83. The van der Waals surface area contributed by atoms with Crippen LogP contribution < -0.4 is 19.5 Å². The topological polar surface area (TPSA) is 113 Å². The van der Waals surface area contributed by atoms with Crippen molar-refractivity contribution in [2.75, 3.05) is 25.6 Å². The zero-order valence-corrected chi connectivity index (χ0v) is 36.8. The molecule has 10 heteroatoms. The second-order valence-corrected chi connectivity index (χ2v) is 19.4. The standard InChI is InChI=1S/C49H59NO8S/c1-28(2)15-14-22-47(8)23-21-32-40(56-47)31(19-18-29(3)4)42-37(41(32)55-26-13-12-25-51)39-38-43(59-35-17-11-10-16-34(35)50-39)33-27-36-46(6,7)58-48(44(33)52,49(36,38)57-42)24-20-30(5)45(53)54-9/h10-11,15-18,20-21,23,33,36,43,50-51H,12-14,19,22,24-27H2,1-9H3/b30-20-. The van der Waals surface area contributed by atoms with Gasteiger partial charge in [0.2, 0.25) is 0 Å². The molecule has 4 bridgehead atoms. The van der Waals surface area contributed by atoms with E-state index in [9.17, 15) is 9.90 Å². The van der Waals surface area contributed by atoms with Gasteiger partial charge in [-0.15, -0.1) is 11.8 Å². The molecule has 1 spiro atoms. The van der Waals surface area contributed by atoms with Gasteiger partial charge in [0.15, 0.2) is 17.0 Å². The van der Waals surface area contributed by atoms with E-state index >= 15 is 4.79 Å². The van der Waals surface area contributed by atoms with E-state index in [2.05, 4.69) is 90.2 Å². The molecule has 6 unspecified atom stereocenters. The number of hydrogen-bond donors (Lipinski definition) is 2. The fourth-order valence-electron chi connectivity index (χ4n) is 10.4. The van der Waals surface area contributed by atoms with Crippen LogP contribution in [0.3, 0.4) is 0 Å². The molecule has 7 aliphatic rings. The average Bonchev–Trinajstić information content (AvgIpc) is 3.27. The Morgan fingerprint density at radius 3 is 2.51 bits per heavy atom. The number of unbranched alkanes of at least 4 members (excludes halogenated alkanes) is 1. The van der Waals surface area contributed by atoms with Gasteiger partial charge < -0.3 is 34.1 Å². The minimum atomic E-state index is -1.45. The van der Waals surface area contributed by atoms with Gasteiger partial charge in [0.05, 0.1) is 41.8 Å². The third-order valence-corrected chi connectivity index (χ3v) is 14.6. The van der Waals surface area contributed by atoms with Crippen molar-refractivity contribution in [3.8, 4) is 17.2 Å². The van der Waals surface area contributed by atoms with E-state index in [1.165, 1.54) is 12.7 Å². The lowest BCUT2D eigenvalue weighted by Gasteiger charge is -2.61. The van der Waals surface area contributed by atoms with Gasteiger partial charge in [-0.05, 0) is 118 Å². The summed E-state index contributed by atoms with van der Waals surface area (Å²) in [4.78, 5) is 29.4. The van der Waals surface area contributed by atoms with Crippen LogP contribution in [-0.4, -0.2) is 64.8 Å². The number of aliphatic hydroxyl groups excluding tert-OH is 1. The average molecular weight is 822 g/mol. The molecule has 9 rings (SSSR count). The molecule has 0 aromatic heterocycles. The smallest absolute Gasteiger partial charge is 0.333 e. The van der Waals surface area contributed by atoms with E-state index in [0.717, 1.165) is 57.0 Å². The molecule has 9 nitrogen and oxygen atoms in total. The van der Waals surface area contributed by atoms with E-state index in [0.29, 0.717) is 55.1 Å². The maximum absolute atomic E-state index is 15.5. The summed E-state index contributed by atoms with van der Waals surface area (Å²) >= 11 is 1.72. The number of carbonyl (C=O) groups excluding carboxylic acids is 2. The Labute approximate surface area is 353 Å². The number of nitrogens with one attached hydrogen (secondary N) is 1. The van der Waals surface area contributed by atoms with Crippen LogP contribution in [0.25, 0.3) is 11.8 Å². The number of methoxy groups -OCH3 is 1. The Balaban J connectivity index is 1.45. The Bertz CT molecular complexity index is 2240. The van der Waals surface area contributed by atoms with Gasteiger partial charge in [-0.25, -0.2) is 4.79 Å². The number of para-hydroxylation sites is 1. The summed E-state index contributed by atoms with van der Waals surface area (Å²) in [5.41, 5.74) is 4.12. The highest BCUT2D eigenvalue weighted by molar-refractivity contribution is 8.00. The van der Waals surface area contributed by atoms with Gasteiger partial charge in [0, 0.05) is 51.7 Å². The Morgan fingerprint density at radius 2 is 1.78 bits per heavy atom. The summed E-state index contributed by atoms with van der Waals surface area (Å²) in [6.07, 6.45) is 14.7. The number of esters is 1. The second-order valence-electron chi connectivity index (χ2n) is 18.2. The fourth-order valence-corrected chi connectivity index (χ4v) is 11.9. The third kappa shape index (κ3) is 6.59. The third-order valence-electron chi connectivity index (χ3n) is 13.2. The number of hydrogen-bond acceptors (Lipinski definition) is 10. The molecule has 0 radical (unpaired) electrons. The lowest BCUT2D eigenvalue weighted by atomic mass is 9.49. The summed E-state index contributed by atoms with van der Waals surface area (Å²) in [5, 5.41) is 13.4. The van der Waals surface area contributed by atoms with Crippen molar-refractivity contribution in [3.05, 3.63) is 87.6 Å². The Hall–Kier alpha value is -4.25. The molecular formula is C49H59NO8S. The number of thioether (sulfide) groups is 1. The van der Waals surface area contributed by atoms with Crippen molar-refractivity contribution in [2.45, 2.75) is 133 Å². The van der Waals surface area contributed by atoms with Crippen LogP contribution in [0.1, 0.15) is 111 Å². The van der Waals surface area contributed by atoms with Crippen LogP contribution in [0.5, 0.6) is 17.2 Å². The largest absolute Gasteiger partial charge is 0.492 e. The van der Waals surface area contributed by atoms with Crippen LogP contribution >= 0.6 is 11.8 Å². The molecule has 59 heavy (non-hydrogen) atoms. The highest BCUT2D eigenvalue weighted by Crippen LogP contribution is 2.73. The molecule has 2 aromatic rings. The first-order valence-corrected chi connectivity index (χ1v) is 22.1.